The molecule has 4 nitrogen and oxygen atoms in total. The molecule has 0 unspecified atom stereocenters. The van der Waals surface area contributed by atoms with E-state index in [0.717, 1.165) is 39.2 Å². The van der Waals surface area contributed by atoms with E-state index < -0.39 is 0 Å². The zero-order valence-electron chi connectivity index (χ0n) is 14.7. The first kappa shape index (κ1) is 16.2. The lowest BCUT2D eigenvalue weighted by Crippen LogP contribution is -2.16. The summed E-state index contributed by atoms with van der Waals surface area (Å²) in [4.78, 5) is 12.0. The summed E-state index contributed by atoms with van der Waals surface area (Å²) < 4.78 is 13.2. The number of pyridine rings is 1. The van der Waals surface area contributed by atoms with Gasteiger partial charge in [-0.25, -0.2) is 0 Å². The molecule has 0 fully saturated rings. The molecule has 0 aliphatic carbocycles. The second-order valence-electron chi connectivity index (χ2n) is 6.08. The van der Waals surface area contributed by atoms with Crippen molar-refractivity contribution in [2.75, 3.05) is 7.11 Å². The minimum Gasteiger partial charge on any atom is -0.497 e. The maximum Gasteiger partial charge on any atom is 0.250 e. The maximum absolute atomic E-state index is 12.0. The minimum atomic E-state index is -0.00743. The number of ether oxygens (including phenoxy) is 1. The Morgan fingerprint density at radius 2 is 1.81 bits per heavy atom. The van der Waals surface area contributed by atoms with E-state index in [2.05, 4.69) is 0 Å². The van der Waals surface area contributed by atoms with Gasteiger partial charge in [-0.2, -0.15) is 0 Å². The van der Waals surface area contributed by atoms with Crippen LogP contribution in [0.3, 0.4) is 0 Å². The standard InChI is InChI=1S/C22H19NO3/c1-3-23-14-16(9-12-20(23)24)21-18-11-10-17(25-2)13-19(18)26-22(21)15-7-5-4-6-8-15/h4-14H,3H2,1-2H3. The first-order valence-electron chi connectivity index (χ1n) is 8.58. The molecule has 26 heavy (non-hydrogen) atoms. The lowest BCUT2D eigenvalue weighted by Gasteiger charge is -2.07. The number of rotatable bonds is 4. The van der Waals surface area contributed by atoms with Crippen molar-refractivity contribution >= 4 is 11.0 Å². The van der Waals surface area contributed by atoms with Gasteiger partial charge in [-0.15, -0.1) is 0 Å². The van der Waals surface area contributed by atoms with Gasteiger partial charge in [0.25, 0.3) is 5.56 Å². The van der Waals surface area contributed by atoms with Gasteiger partial charge in [0.15, 0.2) is 0 Å². The second-order valence-corrected chi connectivity index (χ2v) is 6.08. The summed E-state index contributed by atoms with van der Waals surface area (Å²) in [5.74, 6) is 1.53. The Morgan fingerprint density at radius 3 is 2.54 bits per heavy atom. The number of nitrogens with zero attached hydrogens (tertiary/aromatic N) is 1. The molecule has 0 saturated carbocycles. The van der Waals surface area contributed by atoms with Crippen molar-refractivity contribution in [3.05, 3.63) is 77.2 Å². The summed E-state index contributed by atoms with van der Waals surface area (Å²) in [6, 6.07) is 19.3. The van der Waals surface area contributed by atoms with E-state index >= 15 is 0 Å². The molecule has 2 aromatic carbocycles. The highest BCUT2D eigenvalue weighted by Crippen LogP contribution is 2.41. The molecule has 0 saturated heterocycles. The fourth-order valence-corrected chi connectivity index (χ4v) is 3.21. The summed E-state index contributed by atoms with van der Waals surface area (Å²) in [5.41, 5.74) is 3.68. The van der Waals surface area contributed by atoms with Crippen LogP contribution in [0, 0.1) is 0 Å². The van der Waals surface area contributed by atoms with E-state index in [0.29, 0.717) is 6.54 Å². The Balaban J connectivity index is 2.04. The molecule has 2 aromatic heterocycles. The van der Waals surface area contributed by atoms with Gasteiger partial charge >= 0.3 is 0 Å². The van der Waals surface area contributed by atoms with Gasteiger partial charge in [0.05, 0.1) is 7.11 Å². The van der Waals surface area contributed by atoms with E-state index in [-0.39, 0.29) is 5.56 Å². The summed E-state index contributed by atoms with van der Waals surface area (Å²) in [5, 5.41) is 0.992. The Hall–Kier alpha value is -3.27. The quantitative estimate of drug-likeness (QED) is 0.525. The van der Waals surface area contributed by atoms with Gasteiger partial charge in [0.2, 0.25) is 0 Å². The summed E-state index contributed by atoms with van der Waals surface area (Å²) in [6.45, 7) is 2.58. The normalized spacial score (nSPS) is 11.0. The maximum atomic E-state index is 12.0. The third-order valence-corrected chi connectivity index (χ3v) is 4.55. The van der Waals surface area contributed by atoms with E-state index in [1.54, 1.807) is 17.7 Å². The molecule has 130 valence electrons. The van der Waals surface area contributed by atoms with Gasteiger partial charge in [0.1, 0.15) is 17.1 Å². The largest absolute Gasteiger partial charge is 0.497 e. The molecule has 0 radical (unpaired) electrons. The van der Waals surface area contributed by atoms with Crippen molar-refractivity contribution < 1.29 is 9.15 Å². The topological polar surface area (TPSA) is 44.4 Å². The molecule has 0 aliphatic heterocycles. The molecule has 0 atom stereocenters. The first-order chi connectivity index (χ1) is 12.7. The molecule has 0 amide bonds. The van der Waals surface area contributed by atoms with Crippen molar-refractivity contribution in [3.8, 4) is 28.2 Å². The molecular weight excluding hydrogens is 326 g/mol. The smallest absolute Gasteiger partial charge is 0.250 e. The lowest BCUT2D eigenvalue weighted by molar-refractivity contribution is 0.414. The zero-order valence-corrected chi connectivity index (χ0v) is 14.7. The second kappa shape index (κ2) is 6.56. The van der Waals surface area contributed by atoms with Crippen molar-refractivity contribution in [2.24, 2.45) is 0 Å². The fraction of sp³-hybridized carbons (Fsp3) is 0.136. The highest BCUT2D eigenvalue weighted by molar-refractivity contribution is 6.02. The molecule has 0 N–H and O–H groups in total. The highest BCUT2D eigenvalue weighted by atomic mass is 16.5. The van der Waals surface area contributed by atoms with Crippen molar-refractivity contribution in [1.82, 2.24) is 4.57 Å². The van der Waals surface area contributed by atoms with Crippen LogP contribution in [0.25, 0.3) is 33.4 Å². The van der Waals surface area contributed by atoms with Gasteiger partial charge in [-0.1, -0.05) is 30.3 Å². The van der Waals surface area contributed by atoms with Crippen LogP contribution in [0.1, 0.15) is 6.92 Å². The van der Waals surface area contributed by atoms with Crippen LogP contribution >= 0.6 is 0 Å². The van der Waals surface area contributed by atoms with E-state index in [9.17, 15) is 4.79 Å². The Labute approximate surface area is 151 Å². The monoisotopic (exact) mass is 345 g/mol. The van der Waals surface area contributed by atoms with Crippen LogP contribution in [-0.2, 0) is 6.54 Å². The Bertz CT molecular complexity index is 1120. The van der Waals surface area contributed by atoms with Gasteiger partial charge in [-0.05, 0) is 25.1 Å². The number of furan rings is 1. The number of methoxy groups -OCH3 is 1. The molecule has 0 spiro atoms. The predicted octanol–water partition coefficient (Wildman–Crippen LogP) is 4.96. The van der Waals surface area contributed by atoms with E-state index in [1.165, 1.54) is 0 Å². The summed E-state index contributed by atoms with van der Waals surface area (Å²) in [6.07, 6.45) is 1.89. The molecular formula is C22H19NO3. The number of benzene rings is 2. The molecule has 4 heteroatoms. The van der Waals surface area contributed by atoms with Crippen LogP contribution in [0.5, 0.6) is 5.75 Å². The Morgan fingerprint density at radius 1 is 1.00 bits per heavy atom. The summed E-state index contributed by atoms with van der Waals surface area (Å²) in [7, 11) is 1.64. The van der Waals surface area contributed by atoms with Crippen LogP contribution in [0.4, 0.5) is 0 Å². The molecule has 0 bridgehead atoms. The molecule has 4 rings (SSSR count). The average Bonchev–Trinajstić information content (AvgIpc) is 3.07. The van der Waals surface area contributed by atoms with Crippen LogP contribution in [0.2, 0.25) is 0 Å². The van der Waals surface area contributed by atoms with Gasteiger partial charge in [-0.3, -0.25) is 4.79 Å². The minimum absolute atomic E-state index is 0.00743. The number of hydrogen-bond acceptors (Lipinski definition) is 3. The van der Waals surface area contributed by atoms with Crippen LogP contribution in [-0.4, -0.2) is 11.7 Å². The lowest BCUT2D eigenvalue weighted by atomic mass is 10.00. The average molecular weight is 345 g/mol. The number of aryl methyl sites for hydroxylation is 1. The van der Waals surface area contributed by atoms with Crippen molar-refractivity contribution in [2.45, 2.75) is 13.5 Å². The number of hydrogen-bond donors (Lipinski definition) is 0. The molecule has 0 aliphatic rings. The highest BCUT2D eigenvalue weighted by Gasteiger charge is 2.18. The Kier molecular flexibility index (Phi) is 4.09. The molecule has 4 aromatic rings. The zero-order chi connectivity index (χ0) is 18.1. The van der Waals surface area contributed by atoms with E-state index in [1.807, 2.05) is 67.7 Å². The third-order valence-electron chi connectivity index (χ3n) is 4.55. The van der Waals surface area contributed by atoms with Crippen LogP contribution < -0.4 is 10.3 Å². The summed E-state index contributed by atoms with van der Waals surface area (Å²) >= 11 is 0. The predicted molar refractivity (Wildman–Crippen MR) is 104 cm³/mol. The number of aromatic nitrogens is 1. The fourth-order valence-electron chi connectivity index (χ4n) is 3.21. The first-order valence-corrected chi connectivity index (χ1v) is 8.58. The molecule has 2 heterocycles. The van der Waals surface area contributed by atoms with Crippen molar-refractivity contribution in [3.63, 3.8) is 0 Å². The van der Waals surface area contributed by atoms with Crippen LogP contribution in [0.15, 0.2) is 76.1 Å². The third kappa shape index (κ3) is 2.69. The van der Waals surface area contributed by atoms with Gasteiger partial charge in [0, 0.05) is 47.0 Å². The van der Waals surface area contributed by atoms with Crippen molar-refractivity contribution in [1.29, 1.82) is 0 Å². The van der Waals surface area contributed by atoms with Gasteiger partial charge < -0.3 is 13.7 Å². The number of fused-ring (bicyclic) bond motifs is 1. The van der Waals surface area contributed by atoms with E-state index in [4.69, 9.17) is 9.15 Å². The SMILES string of the molecule is CCn1cc(-c2c(-c3ccccc3)oc3cc(OC)ccc23)ccc1=O.